The van der Waals surface area contributed by atoms with Crippen LogP contribution in [-0.2, 0) is 23.8 Å². The Kier molecular flexibility index (Phi) is 7.66. The standard InChI is InChI=1S/C18H21NO3S2.C4H9NS/c1-18(2)9-8-14-12(10-18)15(17(20)21)16(23-14)11-6-4-5-7-13(11)19-24(3)22;6-5-3-1-2-4-5/h4-7,19H,8-10H2,1-3H3,(H,20,21);6H,1-4H2. The van der Waals surface area contributed by atoms with E-state index in [1.807, 2.05) is 24.3 Å². The van der Waals surface area contributed by atoms with E-state index in [1.165, 1.54) is 30.8 Å². The van der Waals surface area contributed by atoms with Gasteiger partial charge >= 0.3 is 5.97 Å². The van der Waals surface area contributed by atoms with E-state index in [1.54, 1.807) is 17.6 Å². The average Bonchev–Trinajstić information content (AvgIpc) is 3.27. The van der Waals surface area contributed by atoms with Crippen LogP contribution in [0.5, 0.6) is 0 Å². The monoisotopic (exact) mass is 466 g/mol. The highest BCUT2D eigenvalue weighted by Crippen LogP contribution is 2.46. The molecule has 1 aliphatic carbocycles. The Balaban J connectivity index is 0.000000367. The fourth-order valence-electron chi connectivity index (χ4n) is 3.96. The zero-order valence-electron chi connectivity index (χ0n) is 17.7. The molecule has 5 nitrogen and oxygen atoms in total. The van der Waals surface area contributed by atoms with Gasteiger partial charge in [0, 0.05) is 29.8 Å². The van der Waals surface area contributed by atoms with Gasteiger partial charge in [-0.05, 0) is 49.1 Å². The van der Waals surface area contributed by atoms with Crippen molar-refractivity contribution in [3.8, 4) is 10.4 Å². The number of carboxylic acid groups (broad SMARTS) is 1. The van der Waals surface area contributed by atoms with Crippen molar-refractivity contribution in [3.63, 3.8) is 0 Å². The molecular formula is C22H30N2O3S3. The van der Waals surface area contributed by atoms with E-state index in [9.17, 15) is 14.1 Å². The third kappa shape index (κ3) is 5.66. The van der Waals surface area contributed by atoms with Gasteiger partial charge in [0.15, 0.2) is 0 Å². The summed E-state index contributed by atoms with van der Waals surface area (Å²) < 4.78 is 16.6. The Morgan fingerprint density at radius 2 is 1.93 bits per heavy atom. The maximum Gasteiger partial charge on any atom is 0.337 e. The van der Waals surface area contributed by atoms with Gasteiger partial charge < -0.3 is 9.83 Å². The minimum Gasteiger partial charge on any atom is -0.478 e. The van der Waals surface area contributed by atoms with Crippen molar-refractivity contribution in [2.75, 3.05) is 24.1 Å². The summed E-state index contributed by atoms with van der Waals surface area (Å²) in [6, 6.07) is 7.47. The number of aryl methyl sites for hydroxylation is 1. The number of hydrogen-bond donors (Lipinski definition) is 3. The van der Waals surface area contributed by atoms with E-state index in [0.29, 0.717) is 11.3 Å². The van der Waals surface area contributed by atoms with E-state index >= 15 is 0 Å². The molecular weight excluding hydrogens is 436 g/mol. The second-order valence-corrected chi connectivity index (χ2v) is 11.4. The highest BCUT2D eigenvalue weighted by atomic mass is 32.2. The molecule has 8 heteroatoms. The van der Waals surface area contributed by atoms with Crippen molar-refractivity contribution in [1.82, 2.24) is 4.31 Å². The summed E-state index contributed by atoms with van der Waals surface area (Å²) >= 11 is 5.69. The first-order valence-electron chi connectivity index (χ1n) is 10.2. The van der Waals surface area contributed by atoms with Crippen molar-refractivity contribution in [3.05, 3.63) is 40.3 Å². The predicted octanol–water partition coefficient (Wildman–Crippen LogP) is 5.26. The molecule has 1 fully saturated rings. The van der Waals surface area contributed by atoms with E-state index in [0.717, 1.165) is 35.3 Å². The van der Waals surface area contributed by atoms with Gasteiger partial charge in [-0.25, -0.2) is 9.00 Å². The van der Waals surface area contributed by atoms with Crippen LogP contribution < -0.4 is 4.72 Å². The fourth-order valence-corrected chi connectivity index (χ4v) is 6.08. The molecule has 0 saturated carbocycles. The molecule has 1 saturated heterocycles. The minimum absolute atomic E-state index is 0.123. The lowest BCUT2D eigenvalue weighted by Crippen LogP contribution is -2.22. The Labute approximate surface area is 191 Å². The van der Waals surface area contributed by atoms with Crippen LogP contribution in [0, 0.1) is 5.41 Å². The summed E-state index contributed by atoms with van der Waals surface area (Å²) in [5.74, 6) is -0.882. The first kappa shape index (κ1) is 23.3. The quantitative estimate of drug-likeness (QED) is 0.538. The van der Waals surface area contributed by atoms with Gasteiger partial charge in [0.2, 0.25) is 0 Å². The second-order valence-electron chi connectivity index (χ2n) is 8.62. The van der Waals surface area contributed by atoms with Crippen molar-refractivity contribution >= 4 is 46.8 Å². The fraction of sp³-hybridized carbons (Fsp3) is 0.500. The molecule has 1 aromatic carbocycles. The number of fused-ring (bicyclic) bond motifs is 1. The topological polar surface area (TPSA) is 69.6 Å². The third-order valence-electron chi connectivity index (χ3n) is 5.50. The molecule has 2 N–H and O–H groups in total. The summed E-state index contributed by atoms with van der Waals surface area (Å²) in [5, 5.41) is 9.84. The normalized spacial score (nSPS) is 18.8. The van der Waals surface area contributed by atoms with Crippen molar-refractivity contribution in [1.29, 1.82) is 0 Å². The Bertz CT molecular complexity index is 934. The van der Waals surface area contributed by atoms with Crippen LogP contribution in [0.2, 0.25) is 0 Å². The average molecular weight is 467 g/mol. The molecule has 0 bridgehead atoms. The molecule has 2 aliphatic rings. The number of nitrogens with zero attached hydrogens (tertiary/aromatic N) is 1. The zero-order valence-corrected chi connectivity index (χ0v) is 20.3. The Morgan fingerprint density at radius 1 is 1.27 bits per heavy atom. The summed E-state index contributed by atoms with van der Waals surface area (Å²) in [4.78, 5) is 13.9. The van der Waals surface area contributed by atoms with Gasteiger partial charge in [0.05, 0.1) is 16.1 Å². The van der Waals surface area contributed by atoms with Crippen molar-refractivity contribution < 1.29 is 14.1 Å². The van der Waals surface area contributed by atoms with Crippen molar-refractivity contribution in [2.24, 2.45) is 5.41 Å². The maximum absolute atomic E-state index is 12.0. The van der Waals surface area contributed by atoms with Crippen LogP contribution in [0.25, 0.3) is 10.4 Å². The van der Waals surface area contributed by atoms with Crippen LogP contribution in [0.3, 0.4) is 0 Å². The maximum atomic E-state index is 12.0. The summed E-state index contributed by atoms with van der Waals surface area (Å²) in [6.07, 6.45) is 7.01. The minimum atomic E-state index is -1.21. The number of carboxylic acids is 1. The molecule has 1 aromatic heterocycles. The highest BCUT2D eigenvalue weighted by molar-refractivity contribution is 7.85. The number of anilines is 1. The lowest BCUT2D eigenvalue weighted by atomic mass is 9.76. The molecule has 4 rings (SSSR count). The molecule has 1 aliphatic heterocycles. The zero-order chi connectivity index (χ0) is 21.9. The SMILES string of the molecule is CS(=O)Nc1ccccc1-c1sc2c(c1C(=O)O)CC(C)(C)CC2.SN1CCCC1. The largest absolute Gasteiger partial charge is 0.478 e. The van der Waals surface area contributed by atoms with Crippen LogP contribution in [0.15, 0.2) is 24.3 Å². The molecule has 2 aromatic rings. The van der Waals surface area contributed by atoms with Crippen LogP contribution in [0.1, 0.15) is 53.9 Å². The van der Waals surface area contributed by atoms with E-state index in [2.05, 4.69) is 35.7 Å². The number of carbonyl (C=O) groups is 1. The van der Waals surface area contributed by atoms with Crippen LogP contribution in [0.4, 0.5) is 5.69 Å². The molecule has 164 valence electrons. The Hall–Kier alpha value is -1.35. The number of rotatable bonds is 4. The van der Waals surface area contributed by atoms with Crippen molar-refractivity contribution in [2.45, 2.75) is 46.0 Å². The number of nitrogens with one attached hydrogen (secondary N) is 1. The number of benzene rings is 1. The number of thiol groups is 1. The summed E-state index contributed by atoms with van der Waals surface area (Å²) in [7, 11) is -1.21. The molecule has 30 heavy (non-hydrogen) atoms. The summed E-state index contributed by atoms with van der Waals surface area (Å²) in [6.45, 7) is 6.75. The predicted molar refractivity (Wildman–Crippen MR) is 130 cm³/mol. The van der Waals surface area contributed by atoms with E-state index < -0.39 is 17.0 Å². The highest BCUT2D eigenvalue weighted by Gasteiger charge is 2.33. The second kappa shape index (κ2) is 9.85. The first-order chi connectivity index (χ1) is 14.2. The van der Waals surface area contributed by atoms with Gasteiger partial charge in [-0.1, -0.05) is 44.9 Å². The van der Waals surface area contributed by atoms with Gasteiger partial charge in [-0.3, -0.25) is 4.31 Å². The number of thiophene rings is 1. The molecule has 0 radical (unpaired) electrons. The smallest absolute Gasteiger partial charge is 0.337 e. The number of para-hydroxylation sites is 1. The number of aromatic carboxylic acids is 1. The molecule has 1 unspecified atom stereocenters. The lowest BCUT2D eigenvalue weighted by Gasteiger charge is -2.29. The van der Waals surface area contributed by atoms with Gasteiger partial charge in [0.25, 0.3) is 0 Å². The van der Waals surface area contributed by atoms with E-state index in [-0.39, 0.29) is 5.41 Å². The molecule has 0 spiro atoms. The molecule has 0 amide bonds. The Morgan fingerprint density at radius 3 is 2.50 bits per heavy atom. The first-order valence-corrected chi connectivity index (χ1v) is 13.0. The lowest BCUT2D eigenvalue weighted by molar-refractivity contribution is 0.0696. The van der Waals surface area contributed by atoms with E-state index in [4.69, 9.17) is 0 Å². The third-order valence-corrected chi connectivity index (χ3v) is 7.73. The van der Waals surface area contributed by atoms with Crippen LogP contribution in [-0.4, -0.2) is 38.9 Å². The number of hydrogen-bond acceptors (Lipinski definition) is 5. The molecule has 2 heterocycles. The van der Waals surface area contributed by atoms with Gasteiger partial charge in [0.1, 0.15) is 11.0 Å². The van der Waals surface area contributed by atoms with Gasteiger partial charge in [-0.2, -0.15) is 0 Å². The van der Waals surface area contributed by atoms with Crippen LogP contribution >= 0.6 is 24.2 Å². The van der Waals surface area contributed by atoms with Gasteiger partial charge in [-0.15, -0.1) is 11.3 Å². The summed E-state index contributed by atoms with van der Waals surface area (Å²) in [5.41, 5.74) is 3.03. The molecule has 1 atom stereocenters.